The highest BCUT2D eigenvalue weighted by Crippen LogP contribution is 2.25. The third kappa shape index (κ3) is 4.15. The van der Waals surface area contributed by atoms with Gasteiger partial charge < -0.3 is 9.64 Å². The Balaban J connectivity index is 2.18. The summed E-state index contributed by atoms with van der Waals surface area (Å²) in [6.45, 7) is 1.48. The zero-order valence-corrected chi connectivity index (χ0v) is 11.9. The lowest BCUT2D eigenvalue weighted by atomic mass is 10.0. The molecular weight excluding hydrogens is 253 g/mol. The van der Waals surface area contributed by atoms with E-state index in [1.165, 1.54) is 12.1 Å². The van der Waals surface area contributed by atoms with Gasteiger partial charge in [-0.25, -0.2) is 4.39 Å². The van der Waals surface area contributed by atoms with Gasteiger partial charge in [0.05, 0.1) is 6.61 Å². The van der Waals surface area contributed by atoms with Crippen LogP contribution in [0.2, 0.25) is 0 Å². The highest BCUT2D eigenvalue weighted by Gasteiger charge is 2.14. The van der Waals surface area contributed by atoms with Crippen molar-refractivity contribution in [1.29, 1.82) is 0 Å². The maximum absolute atomic E-state index is 13.1. The summed E-state index contributed by atoms with van der Waals surface area (Å²) >= 11 is 0. The van der Waals surface area contributed by atoms with Crippen LogP contribution in [-0.4, -0.2) is 32.1 Å². The molecule has 0 saturated heterocycles. The third-order valence-corrected chi connectivity index (χ3v) is 3.10. The van der Waals surface area contributed by atoms with Crippen molar-refractivity contribution in [2.24, 2.45) is 0 Å². The molecule has 0 heterocycles. The minimum absolute atomic E-state index is 0.156. The van der Waals surface area contributed by atoms with Gasteiger partial charge in [0.25, 0.3) is 0 Å². The van der Waals surface area contributed by atoms with Crippen LogP contribution in [0.5, 0.6) is 0 Å². The molecule has 1 atom stereocenters. The Labute approximate surface area is 119 Å². The summed E-state index contributed by atoms with van der Waals surface area (Å²) in [5.74, 6) is -0.228. The van der Waals surface area contributed by atoms with Crippen molar-refractivity contribution in [2.75, 3.05) is 27.2 Å². The second-order valence-corrected chi connectivity index (χ2v) is 5.02. The molecule has 2 aromatic rings. The summed E-state index contributed by atoms with van der Waals surface area (Å²) in [6, 6.07) is 16.5. The molecule has 106 valence electrons. The number of rotatable bonds is 6. The minimum atomic E-state index is -0.228. The highest BCUT2D eigenvalue weighted by atomic mass is 19.1. The van der Waals surface area contributed by atoms with Crippen LogP contribution in [-0.2, 0) is 4.74 Å². The average molecular weight is 273 g/mol. The monoisotopic (exact) mass is 273 g/mol. The predicted molar refractivity (Wildman–Crippen MR) is 79.2 cm³/mol. The molecular formula is C17H20FNO. The second-order valence-electron chi connectivity index (χ2n) is 5.02. The SMILES string of the molecule is CN(C)CCO[C@H](c1ccccc1)c1ccc(F)cc1. The van der Waals surface area contributed by atoms with E-state index in [0.29, 0.717) is 6.61 Å². The van der Waals surface area contributed by atoms with E-state index in [-0.39, 0.29) is 11.9 Å². The van der Waals surface area contributed by atoms with Crippen molar-refractivity contribution < 1.29 is 9.13 Å². The van der Waals surface area contributed by atoms with E-state index >= 15 is 0 Å². The quantitative estimate of drug-likeness (QED) is 0.799. The van der Waals surface area contributed by atoms with Gasteiger partial charge in [-0.05, 0) is 37.4 Å². The number of hydrogen-bond donors (Lipinski definition) is 0. The summed E-state index contributed by atoms with van der Waals surface area (Å²) < 4.78 is 19.1. The van der Waals surface area contributed by atoms with Crippen molar-refractivity contribution in [2.45, 2.75) is 6.10 Å². The van der Waals surface area contributed by atoms with E-state index in [4.69, 9.17) is 4.74 Å². The van der Waals surface area contributed by atoms with E-state index < -0.39 is 0 Å². The van der Waals surface area contributed by atoms with Crippen LogP contribution in [0.15, 0.2) is 54.6 Å². The largest absolute Gasteiger partial charge is 0.367 e. The normalized spacial score (nSPS) is 12.6. The molecule has 0 aliphatic carbocycles. The van der Waals surface area contributed by atoms with Gasteiger partial charge in [-0.3, -0.25) is 0 Å². The summed E-state index contributed by atoms with van der Waals surface area (Å²) in [5.41, 5.74) is 2.05. The maximum atomic E-state index is 13.1. The van der Waals surface area contributed by atoms with Gasteiger partial charge in [0, 0.05) is 6.54 Å². The van der Waals surface area contributed by atoms with Crippen LogP contribution in [0.25, 0.3) is 0 Å². The van der Waals surface area contributed by atoms with E-state index in [1.54, 1.807) is 12.1 Å². The fraction of sp³-hybridized carbons (Fsp3) is 0.294. The smallest absolute Gasteiger partial charge is 0.123 e. The van der Waals surface area contributed by atoms with Crippen molar-refractivity contribution in [1.82, 2.24) is 4.90 Å². The van der Waals surface area contributed by atoms with Crippen LogP contribution in [0.4, 0.5) is 4.39 Å². The first-order chi connectivity index (χ1) is 9.66. The Hall–Kier alpha value is -1.71. The van der Waals surface area contributed by atoms with E-state index in [9.17, 15) is 4.39 Å². The van der Waals surface area contributed by atoms with Crippen LogP contribution in [0.1, 0.15) is 17.2 Å². The molecule has 0 bridgehead atoms. The second kappa shape index (κ2) is 7.17. The number of ether oxygens (including phenoxy) is 1. The minimum Gasteiger partial charge on any atom is -0.367 e. The van der Waals surface area contributed by atoms with Crippen LogP contribution >= 0.6 is 0 Å². The molecule has 0 amide bonds. The number of hydrogen-bond acceptors (Lipinski definition) is 2. The van der Waals surface area contributed by atoms with Crippen LogP contribution < -0.4 is 0 Å². The zero-order chi connectivity index (χ0) is 14.4. The molecule has 2 nitrogen and oxygen atoms in total. The van der Waals surface area contributed by atoms with E-state index in [0.717, 1.165) is 17.7 Å². The van der Waals surface area contributed by atoms with Gasteiger partial charge in [0.15, 0.2) is 0 Å². The van der Waals surface area contributed by atoms with Crippen LogP contribution in [0, 0.1) is 5.82 Å². The van der Waals surface area contributed by atoms with Gasteiger partial charge in [-0.15, -0.1) is 0 Å². The first-order valence-electron chi connectivity index (χ1n) is 6.73. The lowest BCUT2D eigenvalue weighted by Gasteiger charge is -2.20. The Morgan fingerprint density at radius 3 is 2.15 bits per heavy atom. The molecule has 2 aromatic carbocycles. The third-order valence-electron chi connectivity index (χ3n) is 3.10. The van der Waals surface area contributed by atoms with Crippen molar-refractivity contribution >= 4 is 0 Å². The Morgan fingerprint density at radius 1 is 0.950 bits per heavy atom. The predicted octanol–water partition coefficient (Wildman–Crippen LogP) is 3.49. The summed E-state index contributed by atoms with van der Waals surface area (Å²) in [4.78, 5) is 2.08. The zero-order valence-electron chi connectivity index (χ0n) is 11.9. The van der Waals surface area contributed by atoms with Crippen molar-refractivity contribution in [3.05, 3.63) is 71.5 Å². The van der Waals surface area contributed by atoms with Crippen molar-refractivity contribution in [3.8, 4) is 0 Å². The molecule has 0 N–H and O–H groups in total. The molecule has 0 fully saturated rings. The molecule has 0 unspecified atom stereocenters. The Bertz CT molecular complexity index is 510. The van der Waals surface area contributed by atoms with Gasteiger partial charge in [0.1, 0.15) is 11.9 Å². The lowest BCUT2D eigenvalue weighted by molar-refractivity contribution is 0.0687. The lowest BCUT2D eigenvalue weighted by Crippen LogP contribution is -2.20. The number of nitrogens with zero attached hydrogens (tertiary/aromatic N) is 1. The highest BCUT2D eigenvalue weighted by molar-refractivity contribution is 5.30. The van der Waals surface area contributed by atoms with E-state index in [2.05, 4.69) is 4.90 Å². The number of halogens is 1. The topological polar surface area (TPSA) is 12.5 Å². The van der Waals surface area contributed by atoms with E-state index in [1.807, 2.05) is 44.4 Å². The molecule has 0 spiro atoms. The molecule has 0 saturated carbocycles. The summed E-state index contributed by atoms with van der Waals surface area (Å²) in [6.07, 6.45) is -0.156. The van der Waals surface area contributed by atoms with Crippen LogP contribution in [0.3, 0.4) is 0 Å². The molecule has 2 rings (SSSR count). The van der Waals surface area contributed by atoms with Gasteiger partial charge >= 0.3 is 0 Å². The average Bonchev–Trinajstić information content (AvgIpc) is 2.46. The molecule has 0 aromatic heterocycles. The number of benzene rings is 2. The molecule has 0 radical (unpaired) electrons. The fourth-order valence-electron chi connectivity index (χ4n) is 2.00. The molecule has 0 aliphatic rings. The first kappa shape index (κ1) is 14.7. The fourth-order valence-corrected chi connectivity index (χ4v) is 2.00. The Morgan fingerprint density at radius 2 is 1.55 bits per heavy atom. The molecule has 3 heteroatoms. The first-order valence-corrected chi connectivity index (χ1v) is 6.73. The van der Waals surface area contributed by atoms with Gasteiger partial charge in [0.2, 0.25) is 0 Å². The van der Waals surface area contributed by atoms with Crippen molar-refractivity contribution in [3.63, 3.8) is 0 Å². The summed E-state index contributed by atoms with van der Waals surface area (Å²) in [7, 11) is 4.03. The summed E-state index contributed by atoms with van der Waals surface area (Å²) in [5, 5.41) is 0. The van der Waals surface area contributed by atoms with Gasteiger partial charge in [-0.2, -0.15) is 0 Å². The molecule has 20 heavy (non-hydrogen) atoms. The number of likely N-dealkylation sites (N-methyl/N-ethyl adjacent to an activating group) is 1. The standard InChI is InChI=1S/C17H20FNO/c1-19(2)12-13-20-17(14-6-4-3-5-7-14)15-8-10-16(18)11-9-15/h3-11,17H,12-13H2,1-2H3/t17-/m1/s1. The molecule has 0 aliphatic heterocycles. The Kier molecular flexibility index (Phi) is 5.27. The van der Waals surface area contributed by atoms with Gasteiger partial charge in [-0.1, -0.05) is 42.5 Å². The maximum Gasteiger partial charge on any atom is 0.123 e.